The topological polar surface area (TPSA) is 0 Å². The van der Waals surface area contributed by atoms with Crippen molar-refractivity contribution in [1.82, 2.24) is 0 Å². The molecule has 118 valence electrons. The van der Waals surface area contributed by atoms with E-state index >= 15 is 0 Å². The van der Waals surface area contributed by atoms with Crippen molar-refractivity contribution in [1.29, 1.82) is 0 Å². The molecule has 0 aliphatic heterocycles. The minimum Gasteiger partial charge on any atom is -0.0648 e. The van der Waals surface area contributed by atoms with Gasteiger partial charge in [-0.05, 0) is 52.8 Å². The van der Waals surface area contributed by atoms with Gasteiger partial charge in [0.25, 0.3) is 0 Å². The van der Waals surface area contributed by atoms with Crippen molar-refractivity contribution >= 4 is 0 Å². The van der Waals surface area contributed by atoms with Gasteiger partial charge in [0.05, 0.1) is 0 Å². The molecule has 2 rings (SSSR count). The van der Waals surface area contributed by atoms with Gasteiger partial charge in [0.1, 0.15) is 0 Å². The van der Waals surface area contributed by atoms with Crippen LogP contribution >= 0.6 is 0 Å². The molecule has 0 heteroatoms. The summed E-state index contributed by atoms with van der Waals surface area (Å²) in [5.41, 5.74) is 6.10. The summed E-state index contributed by atoms with van der Waals surface area (Å²) in [7, 11) is 0. The molecule has 2 aromatic rings. The predicted molar refractivity (Wildman–Crippen MR) is 97.8 cm³/mol. The molecule has 0 heterocycles. The van der Waals surface area contributed by atoms with E-state index in [4.69, 9.17) is 0 Å². The first-order chi connectivity index (χ1) is 10.5. The number of benzene rings is 2. The van der Waals surface area contributed by atoms with Crippen molar-refractivity contribution in [3.8, 4) is 0 Å². The van der Waals surface area contributed by atoms with Gasteiger partial charge in [-0.2, -0.15) is 0 Å². The van der Waals surface area contributed by atoms with Crippen molar-refractivity contribution in [3.63, 3.8) is 0 Å². The normalized spacial score (nSPS) is 14.1. The minimum absolute atomic E-state index is 0.559. The van der Waals surface area contributed by atoms with E-state index in [9.17, 15) is 0 Å². The predicted octanol–water partition coefficient (Wildman–Crippen LogP) is 6.67. The summed E-state index contributed by atoms with van der Waals surface area (Å²) in [6, 6.07) is 17.8. The van der Waals surface area contributed by atoms with Gasteiger partial charge in [0.2, 0.25) is 0 Å². The molecule has 0 amide bonds. The quantitative estimate of drug-likeness (QED) is 0.558. The van der Waals surface area contributed by atoms with Crippen LogP contribution in [0, 0.1) is 0 Å². The van der Waals surface area contributed by atoms with Gasteiger partial charge in [-0.25, -0.2) is 0 Å². The Bertz CT molecular complexity index is 580. The zero-order valence-electron chi connectivity index (χ0n) is 14.8. The molecule has 0 aliphatic carbocycles. The Kier molecular flexibility index (Phi) is 5.83. The zero-order valence-corrected chi connectivity index (χ0v) is 14.8. The van der Waals surface area contributed by atoms with Gasteiger partial charge in [-0.15, -0.1) is 0 Å². The van der Waals surface area contributed by atoms with Crippen molar-refractivity contribution < 1.29 is 0 Å². The summed E-state index contributed by atoms with van der Waals surface area (Å²) in [6.07, 6.45) is 2.32. The first-order valence-electron chi connectivity index (χ1n) is 8.71. The highest BCUT2D eigenvalue weighted by Crippen LogP contribution is 2.35. The molecule has 0 fully saturated rings. The molecule has 22 heavy (non-hydrogen) atoms. The Morgan fingerprint density at radius 3 is 1.86 bits per heavy atom. The first kappa shape index (κ1) is 16.8. The lowest BCUT2D eigenvalue weighted by Gasteiger charge is -2.25. The monoisotopic (exact) mass is 294 g/mol. The minimum atomic E-state index is 0.559. The third-order valence-electron chi connectivity index (χ3n) is 4.81. The van der Waals surface area contributed by atoms with Crippen LogP contribution in [-0.2, 0) is 6.42 Å². The first-order valence-corrected chi connectivity index (χ1v) is 8.71. The highest BCUT2D eigenvalue weighted by atomic mass is 14.2. The maximum Gasteiger partial charge on any atom is -0.0147 e. The molecule has 0 spiro atoms. The Labute approximate surface area is 136 Å². The van der Waals surface area contributed by atoms with Gasteiger partial charge >= 0.3 is 0 Å². The second-order valence-corrected chi connectivity index (χ2v) is 6.90. The van der Waals surface area contributed by atoms with E-state index in [1.807, 2.05) is 0 Å². The largest absolute Gasteiger partial charge is 0.0648 e. The summed E-state index contributed by atoms with van der Waals surface area (Å²) >= 11 is 0. The molecule has 0 aliphatic rings. The molecule has 0 saturated heterocycles. The van der Waals surface area contributed by atoms with Crippen LogP contribution in [0.5, 0.6) is 0 Å². The van der Waals surface area contributed by atoms with E-state index in [-0.39, 0.29) is 0 Å². The molecular weight excluding hydrogens is 264 g/mol. The maximum atomic E-state index is 2.37. The highest BCUT2D eigenvalue weighted by molar-refractivity contribution is 5.42. The third-order valence-corrected chi connectivity index (χ3v) is 4.81. The molecule has 0 N–H and O–H groups in total. The lowest BCUT2D eigenvalue weighted by molar-refractivity contribution is 0.680. The lowest BCUT2D eigenvalue weighted by Crippen LogP contribution is -2.09. The van der Waals surface area contributed by atoms with Crippen LogP contribution in [0.3, 0.4) is 0 Å². The standard InChI is InChI=1S/C22H30/c1-6-17(4)20-13-10-14-21(22(20)16(2)3)18(5)15-19-11-8-7-9-12-19/h7-14,16-18H,6,15H2,1-5H3. The molecule has 0 bridgehead atoms. The molecule has 0 aromatic heterocycles. The molecule has 2 aromatic carbocycles. The molecule has 0 radical (unpaired) electrons. The molecule has 2 atom stereocenters. The average molecular weight is 294 g/mol. The average Bonchev–Trinajstić information content (AvgIpc) is 2.54. The zero-order chi connectivity index (χ0) is 16.1. The van der Waals surface area contributed by atoms with Gasteiger partial charge in [-0.1, -0.05) is 83.1 Å². The molecule has 0 nitrogen and oxygen atoms in total. The SMILES string of the molecule is CCC(C)c1cccc(C(C)Cc2ccccc2)c1C(C)C. The van der Waals surface area contributed by atoms with E-state index in [0.717, 1.165) is 6.42 Å². The van der Waals surface area contributed by atoms with Gasteiger partial charge in [-0.3, -0.25) is 0 Å². The molecule has 2 unspecified atom stereocenters. The fourth-order valence-corrected chi connectivity index (χ4v) is 3.43. The van der Waals surface area contributed by atoms with Crippen LogP contribution < -0.4 is 0 Å². The lowest BCUT2D eigenvalue weighted by atomic mass is 9.80. The summed E-state index contributed by atoms with van der Waals surface area (Å²) < 4.78 is 0. The van der Waals surface area contributed by atoms with Crippen molar-refractivity contribution in [2.75, 3.05) is 0 Å². The number of hydrogen-bond acceptors (Lipinski definition) is 0. The number of rotatable bonds is 6. The van der Waals surface area contributed by atoms with Crippen LogP contribution in [0.25, 0.3) is 0 Å². The van der Waals surface area contributed by atoms with E-state index in [0.29, 0.717) is 17.8 Å². The Morgan fingerprint density at radius 1 is 0.727 bits per heavy atom. The van der Waals surface area contributed by atoms with Crippen molar-refractivity contribution in [2.24, 2.45) is 0 Å². The fraction of sp³-hybridized carbons (Fsp3) is 0.455. The fourth-order valence-electron chi connectivity index (χ4n) is 3.43. The van der Waals surface area contributed by atoms with E-state index < -0.39 is 0 Å². The Morgan fingerprint density at radius 2 is 1.32 bits per heavy atom. The summed E-state index contributed by atoms with van der Waals surface area (Å²) in [5.74, 6) is 1.78. The smallest absolute Gasteiger partial charge is 0.0147 e. The summed E-state index contributed by atoms with van der Waals surface area (Å²) in [4.78, 5) is 0. The van der Waals surface area contributed by atoms with E-state index in [1.165, 1.54) is 17.5 Å². The van der Waals surface area contributed by atoms with Crippen LogP contribution in [-0.4, -0.2) is 0 Å². The summed E-state index contributed by atoms with van der Waals surface area (Å²) in [5, 5.41) is 0. The second-order valence-electron chi connectivity index (χ2n) is 6.90. The van der Waals surface area contributed by atoms with E-state index in [2.05, 4.69) is 83.1 Å². The van der Waals surface area contributed by atoms with Crippen molar-refractivity contribution in [2.45, 2.75) is 65.2 Å². The Hall–Kier alpha value is -1.56. The Balaban J connectivity index is 2.37. The third kappa shape index (κ3) is 3.80. The maximum absolute atomic E-state index is 2.37. The van der Waals surface area contributed by atoms with Gasteiger partial charge < -0.3 is 0 Å². The summed E-state index contributed by atoms with van der Waals surface area (Å²) in [6.45, 7) is 11.7. The van der Waals surface area contributed by atoms with Crippen molar-refractivity contribution in [3.05, 3.63) is 70.8 Å². The van der Waals surface area contributed by atoms with Crippen LogP contribution in [0.2, 0.25) is 0 Å². The van der Waals surface area contributed by atoms with Crippen LogP contribution in [0.15, 0.2) is 48.5 Å². The van der Waals surface area contributed by atoms with Gasteiger partial charge in [0, 0.05) is 0 Å². The second kappa shape index (κ2) is 7.63. The molecular formula is C22H30. The van der Waals surface area contributed by atoms with E-state index in [1.54, 1.807) is 11.1 Å². The number of hydrogen-bond donors (Lipinski definition) is 0. The van der Waals surface area contributed by atoms with Crippen LogP contribution in [0.1, 0.15) is 81.0 Å². The van der Waals surface area contributed by atoms with Gasteiger partial charge in [0.15, 0.2) is 0 Å². The van der Waals surface area contributed by atoms with Crippen LogP contribution in [0.4, 0.5) is 0 Å². The highest BCUT2D eigenvalue weighted by Gasteiger charge is 2.19. The molecule has 0 saturated carbocycles.